The minimum atomic E-state index is 0.866. The van der Waals surface area contributed by atoms with Gasteiger partial charge in [0.15, 0.2) is 0 Å². The molecule has 2 unspecified atom stereocenters. The van der Waals surface area contributed by atoms with Gasteiger partial charge in [0.05, 0.1) is 0 Å². The van der Waals surface area contributed by atoms with E-state index in [-0.39, 0.29) is 0 Å². The Morgan fingerprint density at radius 1 is 1.43 bits per heavy atom. The molecule has 0 saturated heterocycles. The van der Waals surface area contributed by atoms with Crippen LogP contribution in [0.25, 0.3) is 0 Å². The van der Waals surface area contributed by atoms with Gasteiger partial charge in [0, 0.05) is 0 Å². The fraction of sp³-hybridized carbons (Fsp3) is 1.00. The third-order valence-corrected chi connectivity index (χ3v) is 2.69. The average molecular weight is 161 g/mol. The Hall–Kier alpha value is 0.558. The second-order valence-electron chi connectivity index (χ2n) is 2.17. The molecule has 0 bridgehead atoms. The number of hydrogen-bond donors (Lipinski definition) is 0. The molecular formula is C6H14As. The Kier molecular flexibility index (Phi) is 3.83. The normalized spacial score (nSPS) is 18.9. The molecular weight excluding hydrogens is 147 g/mol. The van der Waals surface area contributed by atoms with Crippen LogP contribution in [0.1, 0.15) is 27.2 Å². The molecule has 1 heteroatoms. The van der Waals surface area contributed by atoms with Gasteiger partial charge in [0.25, 0.3) is 0 Å². The molecule has 0 saturated carbocycles. The zero-order valence-electron chi connectivity index (χ0n) is 5.36. The summed E-state index contributed by atoms with van der Waals surface area (Å²) in [5, 5.41) is 0. The Morgan fingerprint density at radius 2 is 1.86 bits per heavy atom. The van der Waals surface area contributed by atoms with Crippen LogP contribution in [0.5, 0.6) is 0 Å². The van der Waals surface area contributed by atoms with Crippen molar-refractivity contribution in [3.05, 3.63) is 0 Å². The van der Waals surface area contributed by atoms with E-state index in [1.165, 1.54) is 6.42 Å². The first-order chi connectivity index (χ1) is 3.18. The predicted octanol–water partition coefficient (Wildman–Crippen LogP) is 1.74. The Labute approximate surface area is 55.2 Å². The molecule has 0 aromatic rings. The summed E-state index contributed by atoms with van der Waals surface area (Å²) < 4.78 is 0.866. The molecule has 2 atom stereocenters. The van der Waals surface area contributed by atoms with Crippen LogP contribution in [-0.2, 0) is 0 Å². The predicted molar refractivity (Wildman–Crippen MR) is 36.0 cm³/mol. The van der Waals surface area contributed by atoms with Crippen molar-refractivity contribution in [2.75, 3.05) is 0 Å². The van der Waals surface area contributed by atoms with E-state index in [0.717, 1.165) is 10.6 Å². The quantitative estimate of drug-likeness (QED) is 0.541. The summed E-state index contributed by atoms with van der Waals surface area (Å²) >= 11 is 2.27. The van der Waals surface area contributed by atoms with Crippen molar-refractivity contribution in [2.45, 2.75) is 31.9 Å². The third kappa shape index (κ3) is 3.17. The molecule has 0 heterocycles. The zero-order chi connectivity index (χ0) is 5.86. The van der Waals surface area contributed by atoms with Crippen molar-refractivity contribution < 1.29 is 0 Å². The van der Waals surface area contributed by atoms with Gasteiger partial charge in [-0.2, -0.15) is 0 Å². The second-order valence-corrected chi connectivity index (χ2v) is 4.08. The van der Waals surface area contributed by atoms with E-state index >= 15 is 0 Å². The van der Waals surface area contributed by atoms with Gasteiger partial charge in [-0.3, -0.25) is 0 Å². The first-order valence-corrected chi connectivity index (χ1v) is 4.10. The zero-order valence-corrected chi connectivity index (χ0v) is 7.46. The molecule has 1 radical (unpaired) electrons. The molecule has 43 valence electrons. The van der Waals surface area contributed by atoms with Gasteiger partial charge in [-0.15, -0.1) is 0 Å². The van der Waals surface area contributed by atoms with Gasteiger partial charge in [-0.25, -0.2) is 0 Å². The van der Waals surface area contributed by atoms with Crippen LogP contribution >= 0.6 is 0 Å². The minimum absolute atomic E-state index is 0.866. The monoisotopic (exact) mass is 161 g/mol. The van der Waals surface area contributed by atoms with E-state index in [1.807, 2.05) is 0 Å². The average Bonchev–Trinajstić information content (AvgIpc) is 1.65. The van der Waals surface area contributed by atoms with Crippen LogP contribution < -0.4 is 0 Å². The second kappa shape index (κ2) is 3.55. The fourth-order valence-electron chi connectivity index (χ4n) is 0.354. The maximum absolute atomic E-state index is 2.30. The summed E-state index contributed by atoms with van der Waals surface area (Å²) in [4.78, 5) is 0. The van der Waals surface area contributed by atoms with Gasteiger partial charge < -0.3 is 0 Å². The standard InChI is InChI=1S/C6H14As/c1-4-5(2)6(3)7/h5-7H,4H2,1-3H3. The van der Waals surface area contributed by atoms with Crippen LogP contribution in [0.4, 0.5) is 0 Å². The molecule has 0 fully saturated rings. The molecule has 0 aliphatic heterocycles. The molecule has 0 rings (SSSR count). The summed E-state index contributed by atoms with van der Waals surface area (Å²) in [5.41, 5.74) is 0. The SMILES string of the molecule is CCC(C)C(C)[AsH]. The van der Waals surface area contributed by atoms with Crippen molar-refractivity contribution in [2.24, 2.45) is 5.92 Å². The first kappa shape index (κ1) is 7.56. The van der Waals surface area contributed by atoms with Crippen molar-refractivity contribution in [1.82, 2.24) is 0 Å². The van der Waals surface area contributed by atoms with Crippen LogP contribution in [0.2, 0.25) is 4.71 Å². The Balaban J connectivity index is 3.14. The number of hydrogen-bond acceptors (Lipinski definition) is 0. The molecule has 0 spiro atoms. The Bertz CT molecular complexity index is 41.4. The Morgan fingerprint density at radius 3 is 1.86 bits per heavy atom. The summed E-state index contributed by atoms with van der Waals surface area (Å²) in [6.07, 6.45) is 1.32. The van der Waals surface area contributed by atoms with E-state index in [9.17, 15) is 0 Å². The van der Waals surface area contributed by atoms with Crippen LogP contribution in [0.3, 0.4) is 0 Å². The van der Waals surface area contributed by atoms with E-state index < -0.39 is 0 Å². The summed E-state index contributed by atoms with van der Waals surface area (Å²) in [5.74, 6) is 0.903. The molecule has 0 aromatic heterocycles. The molecule has 0 nitrogen and oxygen atoms in total. The fourth-order valence-corrected chi connectivity index (χ4v) is 0.848. The molecule has 0 aliphatic rings. The van der Waals surface area contributed by atoms with Crippen LogP contribution in [0, 0.1) is 5.92 Å². The van der Waals surface area contributed by atoms with E-state index in [0.29, 0.717) is 0 Å². The topological polar surface area (TPSA) is 0 Å². The maximum atomic E-state index is 2.30. The molecule has 0 amide bonds. The molecule has 7 heavy (non-hydrogen) atoms. The molecule has 0 N–H and O–H groups in total. The van der Waals surface area contributed by atoms with Crippen LogP contribution in [0.15, 0.2) is 0 Å². The summed E-state index contributed by atoms with van der Waals surface area (Å²) in [7, 11) is 0. The third-order valence-electron chi connectivity index (χ3n) is 1.50. The van der Waals surface area contributed by atoms with Crippen molar-refractivity contribution in [3.63, 3.8) is 0 Å². The van der Waals surface area contributed by atoms with Gasteiger partial charge in [-0.05, 0) is 0 Å². The van der Waals surface area contributed by atoms with Gasteiger partial charge in [0.1, 0.15) is 0 Å². The van der Waals surface area contributed by atoms with Crippen molar-refractivity contribution >= 4 is 16.9 Å². The number of rotatable bonds is 2. The van der Waals surface area contributed by atoms with Crippen LogP contribution in [-0.4, -0.2) is 16.9 Å². The van der Waals surface area contributed by atoms with Crippen molar-refractivity contribution in [1.29, 1.82) is 0 Å². The van der Waals surface area contributed by atoms with E-state index in [1.54, 1.807) is 0 Å². The molecule has 0 aliphatic carbocycles. The molecule has 0 aromatic carbocycles. The van der Waals surface area contributed by atoms with Gasteiger partial charge in [-0.1, -0.05) is 0 Å². The first-order valence-electron chi connectivity index (χ1n) is 2.89. The van der Waals surface area contributed by atoms with Crippen molar-refractivity contribution in [3.8, 4) is 0 Å². The summed E-state index contributed by atoms with van der Waals surface area (Å²) in [6, 6.07) is 0. The summed E-state index contributed by atoms with van der Waals surface area (Å²) in [6.45, 7) is 6.81. The van der Waals surface area contributed by atoms with Gasteiger partial charge >= 0.3 is 54.7 Å². The van der Waals surface area contributed by atoms with Gasteiger partial charge in [0.2, 0.25) is 0 Å². The van der Waals surface area contributed by atoms with E-state index in [2.05, 4.69) is 37.6 Å². The van der Waals surface area contributed by atoms with E-state index in [4.69, 9.17) is 0 Å².